The van der Waals surface area contributed by atoms with Crippen molar-refractivity contribution in [3.05, 3.63) is 87.6 Å². The first-order chi connectivity index (χ1) is 23.9. The van der Waals surface area contributed by atoms with Gasteiger partial charge in [0.15, 0.2) is 0 Å². The first kappa shape index (κ1) is 44.5. The van der Waals surface area contributed by atoms with Crippen molar-refractivity contribution in [2.24, 2.45) is 17.6 Å². The normalized spacial score (nSPS) is 16.7. The lowest BCUT2D eigenvalue weighted by Gasteiger charge is -2.21. The van der Waals surface area contributed by atoms with Crippen LogP contribution in [0.5, 0.6) is 0 Å². The highest BCUT2D eigenvalue weighted by molar-refractivity contribution is 6.28. The summed E-state index contributed by atoms with van der Waals surface area (Å²) >= 11 is 0. The molecule has 0 aromatic heterocycles. The SMILES string of the molecule is C/C=C(\C1=CCCC=C1C)C1=C(/C(=C/C)c2ccccc2C)C(=O)NC1=O.CC.CCCCC(COC(=O)C(N)C(C)C)OCCC(C)CC. The summed E-state index contributed by atoms with van der Waals surface area (Å²) in [5.74, 6) is -0.206. The maximum atomic E-state index is 12.8. The van der Waals surface area contributed by atoms with E-state index in [9.17, 15) is 14.4 Å². The summed E-state index contributed by atoms with van der Waals surface area (Å²) in [6.45, 7) is 23.4. The van der Waals surface area contributed by atoms with Crippen LogP contribution in [0.3, 0.4) is 0 Å². The van der Waals surface area contributed by atoms with Gasteiger partial charge < -0.3 is 15.2 Å². The molecule has 2 amide bonds. The Balaban J connectivity index is 0.000000493. The quantitative estimate of drug-likeness (QED) is 0.132. The summed E-state index contributed by atoms with van der Waals surface area (Å²) < 4.78 is 11.2. The van der Waals surface area contributed by atoms with Gasteiger partial charge in [-0.25, -0.2) is 0 Å². The second-order valence-corrected chi connectivity index (χ2v) is 13.2. The summed E-state index contributed by atoms with van der Waals surface area (Å²) in [4.78, 5) is 37.3. The van der Waals surface area contributed by atoms with Crippen molar-refractivity contribution in [1.29, 1.82) is 0 Å². The van der Waals surface area contributed by atoms with Gasteiger partial charge in [0, 0.05) is 6.61 Å². The molecule has 0 radical (unpaired) electrons. The van der Waals surface area contributed by atoms with Gasteiger partial charge in [0.1, 0.15) is 12.6 Å². The number of aryl methyl sites for hydroxylation is 1. The summed E-state index contributed by atoms with van der Waals surface area (Å²) in [5.41, 5.74) is 12.6. The van der Waals surface area contributed by atoms with Gasteiger partial charge >= 0.3 is 5.97 Å². The maximum Gasteiger partial charge on any atom is 0.323 e. The highest BCUT2D eigenvalue weighted by Gasteiger charge is 2.36. The number of unbranched alkanes of at least 4 members (excludes halogenated alkanes) is 1. The molecule has 0 saturated carbocycles. The predicted molar refractivity (Wildman–Crippen MR) is 208 cm³/mol. The van der Waals surface area contributed by atoms with Crippen molar-refractivity contribution in [3.8, 4) is 0 Å². The van der Waals surface area contributed by atoms with Crippen LogP contribution in [0.1, 0.15) is 125 Å². The fraction of sp³-hybridized carbons (Fsp3) is 0.558. The Bertz CT molecular complexity index is 1410. The molecule has 3 unspecified atom stereocenters. The highest BCUT2D eigenvalue weighted by atomic mass is 16.6. The van der Waals surface area contributed by atoms with Crippen molar-refractivity contribution < 1.29 is 23.9 Å². The molecule has 3 atom stereocenters. The average molecular weight is 691 g/mol. The van der Waals surface area contributed by atoms with Crippen LogP contribution in [-0.2, 0) is 23.9 Å². The predicted octanol–water partition coefficient (Wildman–Crippen LogP) is 9.51. The van der Waals surface area contributed by atoms with E-state index in [0.29, 0.717) is 23.7 Å². The Labute approximate surface area is 303 Å². The number of carbonyl (C=O) groups is 3. The Hall–Kier alpha value is -3.55. The highest BCUT2D eigenvalue weighted by Crippen LogP contribution is 2.38. The summed E-state index contributed by atoms with van der Waals surface area (Å²) in [5, 5.41) is 2.51. The average Bonchev–Trinajstić information content (AvgIpc) is 3.40. The Morgan fingerprint density at radius 1 is 0.920 bits per heavy atom. The Kier molecular flexibility index (Phi) is 21.2. The number of allylic oxidation sites excluding steroid dienone is 6. The standard InChI is InChI=1S/C24H25NO2.C17H35NO3.C2H6/c1-5-17(19-13-9-7-11-15(19)3)21-22(24(27)25-23(21)26)18(6-2)20-14-10-8-12-16(20)4;1-6-8-9-15(20-11-10-14(5)7-2)12-21-17(19)16(18)13(3)4;1-2/h5-7,9,11-14H,8,10H2,1-4H3,(H,25,26,27);13-16H,6-12,18H2,1-5H3;1-2H3/b17-5+,18-6+;;. The third-order valence-electron chi connectivity index (χ3n) is 9.11. The molecule has 0 fully saturated rings. The van der Waals surface area contributed by atoms with E-state index in [-0.39, 0.29) is 29.8 Å². The number of hydrogen-bond donors (Lipinski definition) is 2. The van der Waals surface area contributed by atoms with Crippen molar-refractivity contribution in [2.75, 3.05) is 13.2 Å². The smallest absolute Gasteiger partial charge is 0.323 e. The van der Waals surface area contributed by atoms with Gasteiger partial charge in [0.2, 0.25) is 0 Å². The first-order valence-corrected chi connectivity index (χ1v) is 18.8. The van der Waals surface area contributed by atoms with Crippen LogP contribution < -0.4 is 11.1 Å². The van der Waals surface area contributed by atoms with Gasteiger partial charge in [0.05, 0.1) is 17.3 Å². The summed E-state index contributed by atoms with van der Waals surface area (Å²) in [7, 11) is 0. The minimum absolute atomic E-state index is 0.00248. The lowest BCUT2D eigenvalue weighted by atomic mass is 9.84. The number of esters is 1. The van der Waals surface area contributed by atoms with E-state index in [1.807, 2.05) is 84.9 Å². The van der Waals surface area contributed by atoms with Gasteiger partial charge in [-0.3, -0.25) is 19.7 Å². The van der Waals surface area contributed by atoms with E-state index in [4.69, 9.17) is 15.2 Å². The number of imide groups is 1. The van der Waals surface area contributed by atoms with E-state index >= 15 is 0 Å². The van der Waals surface area contributed by atoms with Crippen molar-refractivity contribution in [2.45, 2.75) is 133 Å². The maximum absolute atomic E-state index is 12.8. The van der Waals surface area contributed by atoms with Crippen molar-refractivity contribution in [3.63, 3.8) is 0 Å². The third-order valence-corrected chi connectivity index (χ3v) is 9.11. The van der Waals surface area contributed by atoms with Crippen LogP contribution >= 0.6 is 0 Å². The topological polar surface area (TPSA) is 108 Å². The monoisotopic (exact) mass is 690 g/mol. The Morgan fingerprint density at radius 3 is 2.06 bits per heavy atom. The van der Waals surface area contributed by atoms with E-state index in [1.165, 1.54) is 6.42 Å². The molecule has 3 rings (SSSR count). The van der Waals surface area contributed by atoms with Crippen LogP contribution in [0.2, 0.25) is 0 Å². The fourth-order valence-electron chi connectivity index (χ4n) is 5.66. The van der Waals surface area contributed by atoms with Gasteiger partial charge in [-0.15, -0.1) is 0 Å². The lowest BCUT2D eigenvalue weighted by molar-refractivity contribution is -0.151. The zero-order valence-corrected chi connectivity index (χ0v) is 32.9. The minimum Gasteiger partial charge on any atom is -0.462 e. The summed E-state index contributed by atoms with van der Waals surface area (Å²) in [6, 6.07) is 7.39. The molecule has 7 nitrogen and oxygen atoms in total. The summed E-state index contributed by atoms with van der Waals surface area (Å²) in [6.07, 6.45) is 15.5. The number of amides is 2. The molecule has 3 N–H and O–H groups in total. The molecule has 278 valence electrons. The van der Waals surface area contributed by atoms with Crippen LogP contribution in [0.15, 0.2) is 76.4 Å². The molecule has 7 heteroatoms. The molecule has 1 heterocycles. The van der Waals surface area contributed by atoms with Crippen LogP contribution in [0.4, 0.5) is 0 Å². The number of benzene rings is 1. The van der Waals surface area contributed by atoms with Gasteiger partial charge in [-0.1, -0.05) is 116 Å². The molecular formula is C43H66N2O5. The number of hydrogen-bond acceptors (Lipinski definition) is 6. The second-order valence-electron chi connectivity index (χ2n) is 13.2. The van der Waals surface area contributed by atoms with E-state index in [1.54, 1.807) is 0 Å². The van der Waals surface area contributed by atoms with Gasteiger partial charge in [-0.05, 0) is 98.6 Å². The fourth-order valence-corrected chi connectivity index (χ4v) is 5.66. The van der Waals surface area contributed by atoms with Crippen LogP contribution in [-0.4, -0.2) is 43.1 Å². The van der Waals surface area contributed by atoms with E-state index in [0.717, 1.165) is 78.6 Å². The molecule has 0 bridgehead atoms. The van der Waals surface area contributed by atoms with Crippen molar-refractivity contribution >= 4 is 23.4 Å². The molecule has 0 spiro atoms. The van der Waals surface area contributed by atoms with Gasteiger partial charge in [-0.2, -0.15) is 0 Å². The molecule has 1 aliphatic heterocycles. The molecule has 50 heavy (non-hydrogen) atoms. The zero-order valence-electron chi connectivity index (χ0n) is 32.9. The molecular weight excluding hydrogens is 624 g/mol. The lowest BCUT2D eigenvalue weighted by Crippen LogP contribution is -2.38. The molecule has 1 aliphatic carbocycles. The van der Waals surface area contributed by atoms with E-state index < -0.39 is 6.04 Å². The second kappa shape index (κ2) is 23.8. The number of nitrogens with two attached hydrogens (primary N) is 1. The number of nitrogens with one attached hydrogen (secondary N) is 1. The first-order valence-electron chi connectivity index (χ1n) is 18.8. The number of rotatable bonds is 16. The minimum atomic E-state index is -0.545. The van der Waals surface area contributed by atoms with Crippen LogP contribution in [0.25, 0.3) is 5.57 Å². The van der Waals surface area contributed by atoms with Crippen molar-refractivity contribution in [1.82, 2.24) is 5.32 Å². The number of carbonyl (C=O) groups excluding carboxylic acids is 3. The Morgan fingerprint density at radius 2 is 1.52 bits per heavy atom. The molecule has 1 aromatic rings. The molecule has 2 aliphatic rings. The zero-order chi connectivity index (χ0) is 37.8. The van der Waals surface area contributed by atoms with Gasteiger partial charge in [0.25, 0.3) is 11.8 Å². The van der Waals surface area contributed by atoms with E-state index in [2.05, 4.69) is 45.2 Å². The number of ether oxygens (including phenoxy) is 2. The van der Waals surface area contributed by atoms with Crippen LogP contribution in [0, 0.1) is 18.8 Å². The largest absolute Gasteiger partial charge is 0.462 e. The molecule has 0 saturated heterocycles. The molecule has 1 aromatic carbocycles. The third kappa shape index (κ3) is 13.3.